The van der Waals surface area contributed by atoms with Crippen LogP contribution in [0, 0.1) is 5.82 Å². The number of nitrogens with zero attached hydrogens (tertiary/aromatic N) is 3. The van der Waals surface area contributed by atoms with E-state index in [2.05, 4.69) is 9.80 Å². The quantitative estimate of drug-likeness (QED) is 0.341. The Morgan fingerprint density at radius 2 is 1.67 bits per heavy atom. The van der Waals surface area contributed by atoms with Gasteiger partial charge in [-0.25, -0.2) is 9.18 Å². The second kappa shape index (κ2) is 12.1. The molecule has 3 saturated heterocycles. The van der Waals surface area contributed by atoms with Crippen LogP contribution < -0.4 is 14.5 Å². The van der Waals surface area contributed by atoms with Crippen molar-refractivity contribution < 1.29 is 38.0 Å². The van der Waals surface area contributed by atoms with Gasteiger partial charge in [0.1, 0.15) is 17.3 Å². The van der Waals surface area contributed by atoms with Crippen LogP contribution in [0.5, 0.6) is 11.5 Å². The molecule has 4 heterocycles. The molecule has 0 aromatic heterocycles. The summed E-state index contributed by atoms with van der Waals surface area (Å²) in [5, 5.41) is 11.2. The maximum atomic E-state index is 15.9. The van der Waals surface area contributed by atoms with Crippen LogP contribution in [0.2, 0.25) is 10.0 Å². The van der Waals surface area contributed by atoms with Crippen LogP contribution in [-0.4, -0.2) is 87.3 Å². The molecule has 2 bridgehead atoms. The van der Waals surface area contributed by atoms with E-state index in [1.165, 1.54) is 30.2 Å². The van der Waals surface area contributed by atoms with E-state index in [0.29, 0.717) is 48.9 Å². The second-order valence-electron chi connectivity index (χ2n) is 12.0. The van der Waals surface area contributed by atoms with Crippen LogP contribution in [0.1, 0.15) is 39.1 Å². The number of carbonyl (C=O) groups is 2. The fraction of sp³-hybridized carbons (Fsp3) is 0.394. The highest BCUT2D eigenvalue weighted by Gasteiger charge is 2.40. The zero-order valence-electron chi connectivity index (χ0n) is 25.2. The summed E-state index contributed by atoms with van der Waals surface area (Å²) in [6, 6.07) is 9.16. The first-order valence-electron chi connectivity index (χ1n) is 15.0. The lowest BCUT2D eigenvalue weighted by Gasteiger charge is -2.40. The van der Waals surface area contributed by atoms with Crippen molar-refractivity contribution in [2.24, 2.45) is 0 Å². The van der Waals surface area contributed by atoms with E-state index >= 15 is 4.39 Å². The van der Waals surface area contributed by atoms with Gasteiger partial charge >= 0.3 is 5.97 Å². The van der Waals surface area contributed by atoms with Crippen LogP contribution in [0.15, 0.2) is 36.4 Å². The summed E-state index contributed by atoms with van der Waals surface area (Å²) in [5.74, 6) is -1.60. The summed E-state index contributed by atoms with van der Waals surface area (Å²) in [6.07, 6.45) is 1.90. The zero-order chi connectivity index (χ0) is 32.3. The highest BCUT2D eigenvalue weighted by atomic mass is 35.5. The maximum Gasteiger partial charge on any atom is 0.340 e. The van der Waals surface area contributed by atoms with Gasteiger partial charge in [-0.1, -0.05) is 23.2 Å². The summed E-state index contributed by atoms with van der Waals surface area (Å²) >= 11 is 13.2. The van der Waals surface area contributed by atoms with E-state index in [-0.39, 0.29) is 63.9 Å². The Kier molecular flexibility index (Phi) is 8.12. The molecule has 4 aliphatic heterocycles. The summed E-state index contributed by atoms with van der Waals surface area (Å²) in [4.78, 5) is 32.1. The number of phenols is 1. The minimum Gasteiger partial charge on any atom is -0.508 e. The predicted octanol–water partition coefficient (Wildman–Crippen LogP) is 5.49. The number of morpholine rings is 1. The Morgan fingerprint density at radius 3 is 2.33 bits per heavy atom. The van der Waals surface area contributed by atoms with Crippen molar-refractivity contribution in [3.05, 3.63) is 69.0 Å². The van der Waals surface area contributed by atoms with Crippen molar-refractivity contribution >= 4 is 46.5 Å². The highest BCUT2D eigenvalue weighted by molar-refractivity contribution is 6.40. The number of amides is 1. The lowest BCUT2D eigenvalue weighted by molar-refractivity contribution is 0.0515. The molecule has 0 saturated carbocycles. The Labute approximate surface area is 275 Å². The zero-order valence-corrected chi connectivity index (χ0v) is 26.7. The molecule has 0 aliphatic carbocycles. The van der Waals surface area contributed by atoms with Crippen LogP contribution >= 0.6 is 23.2 Å². The summed E-state index contributed by atoms with van der Waals surface area (Å²) in [5.41, 5.74) is 2.48. The van der Waals surface area contributed by atoms with Crippen molar-refractivity contribution in [3.63, 3.8) is 0 Å². The molecule has 13 heteroatoms. The van der Waals surface area contributed by atoms with Gasteiger partial charge in [0.2, 0.25) is 0 Å². The van der Waals surface area contributed by atoms with E-state index in [1.54, 1.807) is 25.3 Å². The van der Waals surface area contributed by atoms with E-state index in [1.807, 2.05) is 0 Å². The Hall–Kier alpha value is -3.77. The molecule has 0 radical (unpaired) electrons. The minimum absolute atomic E-state index is 0.0373. The van der Waals surface area contributed by atoms with Crippen molar-refractivity contribution in [1.82, 2.24) is 4.90 Å². The number of anilines is 2. The molecule has 1 N–H and O–H groups in total. The first kappa shape index (κ1) is 30.9. The Bertz CT molecular complexity index is 1690. The third kappa shape index (κ3) is 5.29. The van der Waals surface area contributed by atoms with Gasteiger partial charge in [-0.2, -0.15) is 0 Å². The molecule has 46 heavy (non-hydrogen) atoms. The van der Waals surface area contributed by atoms with Gasteiger partial charge < -0.3 is 38.8 Å². The van der Waals surface area contributed by atoms with E-state index in [9.17, 15) is 14.7 Å². The monoisotopic (exact) mass is 671 g/mol. The SMILES string of the molecule is COC(=O)c1cc(F)c(-c2cc(O)cc3c2OCN(C(=O)c2c(Cl)cc(N4CC(OC)C4)cc2Cl)C3)cc1N1C2CCC1COC2. The van der Waals surface area contributed by atoms with Gasteiger partial charge in [0.25, 0.3) is 5.91 Å². The molecule has 3 aromatic carbocycles. The lowest BCUT2D eigenvalue weighted by atomic mass is 9.96. The summed E-state index contributed by atoms with van der Waals surface area (Å²) in [7, 11) is 2.92. The fourth-order valence-corrected chi connectivity index (χ4v) is 7.50. The van der Waals surface area contributed by atoms with Crippen LogP contribution in [0.25, 0.3) is 11.1 Å². The fourth-order valence-electron chi connectivity index (χ4n) is 6.86. The molecule has 0 spiro atoms. The van der Waals surface area contributed by atoms with Gasteiger partial charge in [0.15, 0.2) is 6.73 Å². The molecule has 3 fully saturated rings. The van der Waals surface area contributed by atoms with E-state index < -0.39 is 17.7 Å². The van der Waals surface area contributed by atoms with Gasteiger partial charge in [-0.15, -0.1) is 0 Å². The highest BCUT2D eigenvalue weighted by Crippen LogP contribution is 2.45. The van der Waals surface area contributed by atoms with Crippen molar-refractivity contribution in [1.29, 1.82) is 0 Å². The van der Waals surface area contributed by atoms with E-state index in [0.717, 1.165) is 18.5 Å². The minimum atomic E-state index is -0.683. The third-order valence-corrected chi connectivity index (χ3v) is 9.85. The summed E-state index contributed by atoms with van der Waals surface area (Å²) < 4.78 is 38.0. The second-order valence-corrected chi connectivity index (χ2v) is 12.8. The number of fused-ring (bicyclic) bond motifs is 3. The molecule has 7 rings (SSSR count). The van der Waals surface area contributed by atoms with Gasteiger partial charge in [-0.3, -0.25) is 4.79 Å². The average Bonchev–Trinajstić information content (AvgIpc) is 3.25. The number of hydrogen-bond donors (Lipinski definition) is 1. The molecule has 242 valence electrons. The number of carbonyl (C=O) groups excluding carboxylic acids is 2. The van der Waals surface area contributed by atoms with Crippen molar-refractivity contribution in [3.8, 4) is 22.6 Å². The van der Waals surface area contributed by atoms with Crippen LogP contribution in [0.3, 0.4) is 0 Å². The molecule has 4 aliphatic rings. The normalized spacial score (nSPS) is 20.7. The average molecular weight is 673 g/mol. The number of phenolic OH excluding ortho intramolecular Hbond substituents is 1. The molecule has 2 unspecified atom stereocenters. The van der Waals surface area contributed by atoms with Crippen molar-refractivity contribution in [2.75, 3.05) is 57.1 Å². The molecule has 10 nitrogen and oxygen atoms in total. The Morgan fingerprint density at radius 1 is 0.978 bits per heavy atom. The van der Waals surface area contributed by atoms with Crippen LogP contribution in [0.4, 0.5) is 15.8 Å². The molecule has 3 aromatic rings. The lowest BCUT2D eigenvalue weighted by Crippen LogP contribution is -2.51. The predicted molar refractivity (Wildman–Crippen MR) is 170 cm³/mol. The molecular formula is C33H32Cl2FN3O7. The third-order valence-electron chi connectivity index (χ3n) is 9.25. The number of esters is 1. The topological polar surface area (TPSA) is 101 Å². The van der Waals surface area contributed by atoms with Gasteiger partial charge in [-0.05, 0) is 49.2 Å². The number of benzene rings is 3. The van der Waals surface area contributed by atoms with E-state index in [4.69, 9.17) is 42.1 Å². The van der Waals surface area contributed by atoms with Gasteiger partial charge in [0, 0.05) is 42.6 Å². The van der Waals surface area contributed by atoms with Crippen molar-refractivity contribution in [2.45, 2.75) is 37.6 Å². The molecule has 2 atom stereocenters. The number of halogens is 3. The number of hydrogen-bond acceptors (Lipinski definition) is 9. The number of methoxy groups -OCH3 is 2. The van der Waals surface area contributed by atoms with Crippen LogP contribution in [-0.2, 0) is 20.8 Å². The first-order valence-corrected chi connectivity index (χ1v) is 15.8. The number of aromatic hydroxyl groups is 1. The maximum absolute atomic E-state index is 15.9. The van der Waals surface area contributed by atoms with Gasteiger partial charge in [0.05, 0.1) is 71.9 Å². The molecule has 1 amide bonds. The Balaban J connectivity index is 1.21. The smallest absolute Gasteiger partial charge is 0.340 e. The molecular weight excluding hydrogens is 640 g/mol. The first-order chi connectivity index (χ1) is 22.2. The standard InChI is InChI=1S/C33H32Cl2FN3O7/c1-43-22-12-37(13-22)20-6-26(34)30(27(35)7-20)32(41)38-11-17-5-21(40)8-24(31(17)46-16-38)23-10-29(25(9-28(23)36)33(42)44-2)39-18-3-4-19(39)15-45-14-18/h5-10,18-19,22,40H,3-4,11-16H2,1-2H3. The number of rotatable bonds is 6. The number of ether oxygens (including phenoxy) is 4. The largest absolute Gasteiger partial charge is 0.508 e. The summed E-state index contributed by atoms with van der Waals surface area (Å²) in [6.45, 7) is 2.28.